The van der Waals surface area contributed by atoms with Crippen LogP contribution in [0.4, 0.5) is 0 Å². The van der Waals surface area contributed by atoms with E-state index in [-0.39, 0.29) is 11.8 Å². The number of hydrogen-bond donors (Lipinski definition) is 2. The number of nitrogens with one attached hydrogen (secondary N) is 1. The first kappa shape index (κ1) is 13.5. The monoisotopic (exact) mass is 236 g/mol. The van der Waals surface area contributed by atoms with Gasteiger partial charge in [0, 0.05) is 19.5 Å². The smallest absolute Gasteiger partial charge is 0.220 e. The van der Waals surface area contributed by atoms with E-state index in [0.29, 0.717) is 19.5 Å². The van der Waals surface area contributed by atoms with Gasteiger partial charge in [-0.3, -0.25) is 4.79 Å². The summed E-state index contributed by atoms with van der Waals surface area (Å²) in [6, 6.07) is 7.76. The van der Waals surface area contributed by atoms with Gasteiger partial charge in [0.1, 0.15) is 5.75 Å². The molecule has 0 aliphatic carbocycles. The van der Waals surface area contributed by atoms with Gasteiger partial charge in [0.25, 0.3) is 0 Å². The lowest BCUT2D eigenvalue weighted by atomic mass is 9.96. The molecule has 4 heteroatoms. The molecule has 0 spiro atoms. The van der Waals surface area contributed by atoms with Crippen molar-refractivity contribution in [2.24, 2.45) is 5.73 Å². The predicted octanol–water partition coefficient (Wildman–Crippen LogP) is 1.26. The standard InChI is InChI=1S/C13H20N2O2/c1-10(9-13(16)15-8-7-14)11-5-3-4-6-12(11)17-2/h3-6,10H,7-9,14H2,1-2H3,(H,15,16). The highest BCUT2D eigenvalue weighted by Gasteiger charge is 2.14. The Morgan fingerprint density at radius 2 is 2.18 bits per heavy atom. The fraction of sp³-hybridized carbons (Fsp3) is 0.462. The van der Waals surface area contributed by atoms with Crippen molar-refractivity contribution in [2.75, 3.05) is 20.2 Å². The summed E-state index contributed by atoms with van der Waals surface area (Å²) in [7, 11) is 1.64. The number of nitrogens with two attached hydrogens (primary N) is 1. The number of ether oxygens (including phenoxy) is 1. The zero-order valence-corrected chi connectivity index (χ0v) is 10.4. The lowest BCUT2D eigenvalue weighted by molar-refractivity contribution is -0.121. The Kier molecular flexibility index (Phi) is 5.49. The summed E-state index contributed by atoms with van der Waals surface area (Å²) < 4.78 is 5.28. The summed E-state index contributed by atoms with van der Waals surface area (Å²) in [5.74, 6) is 0.976. The molecule has 0 fully saturated rings. The molecule has 1 aromatic carbocycles. The Hall–Kier alpha value is -1.55. The SMILES string of the molecule is COc1ccccc1C(C)CC(=O)NCCN. The van der Waals surface area contributed by atoms with Crippen LogP contribution in [0.15, 0.2) is 24.3 Å². The fourth-order valence-corrected chi connectivity index (χ4v) is 1.75. The van der Waals surface area contributed by atoms with E-state index in [9.17, 15) is 4.79 Å². The molecule has 17 heavy (non-hydrogen) atoms. The van der Waals surface area contributed by atoms with E-state index in [2.05, 4.69) is 5.32 Å². The van der Waals surface area contributed by atoms with E-state index in [4.69, 9.17) is 10.5 Å². The lowest BCUT2D eigenvalue weighted by Crippen LogP contribution is -2.29. The molecule has 1 atom stereocenters. The minimum Gasteiger partial charge on any atom is -0.496 e. The Morgan fingerprint density at radius 1 is 1.47 bits per heavy atom. The van der Waals surface area contributed by atoms with Gasteiger partial charge >= 0.3 is 0 Å². The first-order chi connectivity index (χ1) is 8.19. The van der Waals surface area contributed by atoms with Crippen LogP contribution < -0.4 is 15.8 Å². The number of hydrogen-bond acceptors (Lipinski definition) is 3. The number of rotatable bonds is 6. The number of para-hydroxylation sites is 1. The number of benzene rings is 1. The van der Waals surface area contributed by atoms with E-state index in [0.717, 1.165) is 11.3 Å². The normalized spacial score (nSPS) is 11.9. The molecular weight excluding hydrogens is 216 g/mol. The van der Waals surface area contributed by atoms with Crippen molar-refractivity contribution in [2.45, 2.75) is 19.3 Å². The molecule has 94 valence electrons. The van der Waals surface area contributed by atoms with Crippen molar-refractivity contribution in [3.63, 3.8) is 0 Å². The summed E-state index contributed by atoms with van der Waals surface area (Å²) in [5.41, 5.74) is 6.38. The molecular formula is C13H20N2O2. The van der Waals surface area contributed by atoms with Gasteiger partial charge in [0.15, 0.2) is 0 Å². The largest absolute Gasteiger partial charge is 0.496 e. The zero-order valence-electron chi connectivity index (χ0n) is 10.4. The zero-order chi connectivity index (χ0) is 12.7. The van der Waals surface area contributed by atoms with Gasteiger partial charge in [-0.05, 0) is 17.5 Å². The van der Waals surface area contributed by atoms with Gasteiger partial charge in [0.2, 0.25) is 5.91 Å². The number of methoxy groups -OCH3 is 1. The molecule has 1 aromatic rings. The van der Waals surface area contributed by atoms with E-state index in [1.165, 1.54) is 0 Å². The molecule has 1 amide bonds. The molecule has 4 nitrogen and oxygen atoms in total. The Labute approximate surface area is 102 Å². The maximum Gasteiger partial charge on any atom is 0.220 e. The highest BCUT2D eigenvalue weighted by Crippen LogP contribution is 2.28. The van der Waals surface area contributed by atoms with Crippen LogP contribution in [0.25, 0.3) is 0 Å². The van der Waals surface area contributed by atoms with Crippen molar-refractivity contribution < 1.29 is 9.53 Å². The lowest BCUT2D eigenvalue weighted by Gasteiger charge is -2.15. The Morgan fingerprint density at radius 3 is 2.82 bits per heavy atom. The van der Waals surface area contributed by atoms with Crippen LogP contribution >= 0.6 is 0 Å². The van der Waals surface area contributed by atoms with Crippen LogP contribution in [-0.2, 0) is 4.79 Å². The summed E-state index contributed by atoms with van der Waals surface area (Å²) in [4.78, 5) is 11.6. The first-order valence-electron chi connectivity index (χ1n) is 5.78. The van der Waals surface area contributed by atoms with Crippen molar-refractivity contribution in [3.8, 4) is 5.75 Å². The Balaban J connectivity index is 2.62. The molecule has 0 radical (unpaired) electrons. The van der Waals surface area contributed by atoms with Gasteiger partial charge in [-0.25, -0.2) is 0 Å². The maximum absolute atomic E-state index is 11.6. The van der Waals surface area contributed by atoms with Crippen LogP contribution in [0.5, 0.6) is 5.75 Å². The second-order valence-corrected chi connectivity index (χ2v) is 3.99. The molecule has 3 N–H and O–H groups in total. The van der Waals surface area contributed by atoms with Crippen LogP contribution in [0, 0.1) is 0 Å². The quantitative estimate of drug-likeness (QED) is 0.781. The van der Waals surface area contributed by atoms with Crippen molar-refractivity contribution in [1.29, 1.82) is 0 Å². The summed E-state index contributed by atoms with van der Waals surface area (Å²) in [5, 5.41) is 2.77. The summed E-state index contributed by atoms with van der Waals surface area (Å²) in [6.07, 6.45) is 0.445. The van der Waals surface area contributed by atoms with Gasteiger partial charge in [-0.2, -0.15) is 0 Å². The minimum absolute atomic E-state index is 0.0221. The molecule has 0 bridgehead atoms. The van der Waals surface area contributed by atoms with E-state index in [1.54, 1.807) is 7.11 Å². The third kappa shape index (κ3) is 4.07. The summed E-state index contributed by atoms with van der Waals surface area (Å²) in [6.45, 7) is 3.01. The van der Waals surface area contributed by atoms with E-state index in [1.807, 2.05) is 31.2 Å². The van der Waals surface area contributed by atoms with Crippen LogP contribution in [0.2, 0.25) is 0 Å². The topological polar surface area (TPSA) is 64.3 Å². The number of carbonyl (C=O) groups is 1. The fourth-order valence-electron chi connectivity index (χ4n) is 1.75. The highest BCUT2D eigenvalue weighted by atomic mass is 16.5. The first-order valence-corrected chi connectivity index (χ1v) is 5.78. The van der Waals surface area contributed by atoms with Gasteiger partial charge in [-0.15, -0.1) is 0 Å². The molecule has 0 heterocycles. The molecule has 0 aromatic heterocycles. The molecule has 1 rings (SSSR count). The average Bonchev–Trinajstić information content (AvgIpc) is 2.36. The van der Waals surface area contributed by atoms with Crippen LogP contribution in [0.1, 0.15) is 24.8 Å². The molecule has 0 saturated carbocycles. The van der Waals surface area contributed by atoms with Crippen LogP contribution in [0.3, 0.4) is 0 Å². The van der Waals surface area contributed by atoms with Gasteiger partial charge < -0.3 is 15.8 Å². The van der Waals surface area contributed by atoms with Gasteiger partial charge in [-0.1, -0.05) is 25.1 Å². The molecule has 0 aliphatic rings. The second kappa shape index (κ2) is 6.91. The number of amides is 1. The van der Waals surface area contributed by atoms with E-state index < -0.39 is 0 Å². The van der Waals surface area contributed by atoms with Crippen LogP contribution in [-0.4, -0.2) is 26.1 Å². The molecule has 0 aliphatic heterocycles. The molecule has 1 unspecified atom stereocenters. The van der Waals surface area contributed by atoms with Crippen molar-refractivity contribution in [3.05, 3.63) is 29.8 Å². The van der Waals surface area contributed by atoms with Crippen molar-refractivity contribution in [1.82, 2.24) is 5.32 Å². The Bertz CT molecular complexity index is 366. The maximum atomic E-state index is 11.6. The summed E-state index contributed by atoms with van der Waals surface area (Å²) >= 11 is 0. The minimum atomic E-state index is 0.0221. The van der Waals surface area contributed by atoms with Gasteiger partial charge in [0.05, 0.1) is 7.11 Å². The second-order valence-electron chi connectivity index (χ2n) is 3.99. The molecule has 0 saturated heterocycles. The highest BCUT2D eigenvalue weighted by molar-refractivity contribution is 5.76. The van der Waals surface area contributed by atoms with E-state index >= 15 is 0 Å². The number of carbonyl (C=O) groups excluding carboxylic acids is 1. The third-order valence-corrected chi connectivity index (χ3v) is 2.63. The third-order valence-electron chi connectivity index (χ3n) is 2.63. The van der Waals surface area contributed by atoms with Crippen molar-refractivity contribution >= 4 is 5.91 Å². The predicted molar refractivity (Wildman–Crippen MR) is 68.1 cm³/mol. The average molecular weight is 236 g/mol.